The van der Waals surface area contributed by atoms with Crippen molar-refractivity contribution in [1.29, 1.82) is 0 Å². The van der Waals surface area contributed by atoms with E-state index in [-0.39, 0.29) is 0 Å². The standard InChI is InChI=1S/C32H34O4/c1-6-27-21-26(8-7-24-11-17-29(18-12-24)35-31(33)22(2)3)10-16-28(27)15-9-25-13-19-30(20-14-25)36-32(34)23(4)5/h10-14,16-21H,2,4,6-9,15H2,1,3,5H3. The molecule has 0 N–H and O–H groups in total. The van der Waals surface area contributed by atoms with Crippen molar-refractivity contribution >= 4 is 11.9 Å². The van der Waals surface area contributed by atoms with E-state index in [0.29, 0.717) is 22.6 Å². The van der Waals surface area contributed by atoms with Crippen LogP contribution in [0.3, 0.4) is 0 Å². The monoisotopic (exact) mass is 482 g/mol. The maximum absolute atomic E-state index is 11.7. The molecule has 0 fully saturated rings. The molecule has 0 heterocycles. The van der Waals surface area contributed by atoms with Gasteiger partial charge in [0.1, 0.15) is 11.5 Å². The van der Waals surface area contributed by atoms with E-state index in [1.807, 2.05) is 48.5 Å². The van der Waals surface area contributed by atoms with Gasteiger partial charge in [-0.1, -0.05) is 62.5 Å². The topological polar surface area (TPSA) is 52.6 Å². The van der Waals surface area contributed by atoms with Gasteiger partial charge in [0.2, 0.25) is 0 Å². The summed E-state index contributed by atoms with van der Waals surface area (Å²) in [6.45, 7) is 12.7. The van der Waals surface area contributed by atoms with Gasteiger partial charge < -0.3 is 9.47 Å². The molecule has 0 saturated carbocycles. The van der Waals surface area contributed by atoms with Crippen molar-refractivity contribution in [3.05, 3.63) is 119 Å². The second kappa shape index (κ2) is 12.7. The first-order valence-electron chi connectivity index (χ1n) is 12.3. The largest absolute Gasteiger partial charge is 0.423 e. The van der Waals surface area contributed by atoms with Gasteiger partial charge >= 0.3 is 11.9 Å². The highest BCUT2D eigenvalue weighted by atomic mass is 16.5. The number of hydrogen-bond acceptors (Lipinski definition) is 4. The SMILES string of the molecule is C=C(C)C(=O)Oc1ccc(CCc2ccc(CCc3ccc(OC(=O)C(=C)C)cc3)c(CC)c2)cc1. The Morgan fingerprint density at radius 3 is 1.47 bits per heavy atom. The second-order valence-electron chi connectivity index (χ2n) is 9.08. The van der Waals surface area contributed by atoms with Crippen LogP contribution in [-0.4, -0.2) is 11.9 Å². The van der Waals surface area contributed by atoms with E-state index in [2.05, 4.69) is 38.3 Å². The molecule has 0 aliphatic heterocycles. The van der Waals surface area contributed by atoms with E-state index in [1.165, 1.54) is 27.8 Å². The fourth-order valence-corrected chi connectivity index (χ4v) is 3.81. The van der Waals surface area contributed by atoms with Crippen LogP contribution in [0.4, 0.5) is 0 Å². The van der Waals surface area contributed by atoms with E-state index < -0.39 is 11.9 Å². The summed E-state index contributed by atoms with van der Waals surface area (Å²) < 4.78 is 10.5. The molecule has 4 nitrogen and oxygen atoms in total. The lowest BCUT2D eigenvalue weighted by molar-refractivity contribution is -0.130. The van der Waals surface area contributed by atoms with Crippen molar-refractivity contribution in [3.8, 4) is 11.5 Å². The third-order valence-electron chi connectivity index (χ3n) is 6.00. The lowest BCUT2D eigenvalue weighted by atomic mass is 9.94. The third kappa shape index (κ3) is 7.81. The molecule has 0 bridgehead atoms. The Morgan fingerprint density at radius 2 is 1.03 bits per heavy atom. The smallest absolute Gasteiger partial charge is 0.338 e. The quantitative estimate of drug-likeness (QED) is 0.172. The first-order valence-corrected chi connectivity index (χ1v) is 12.3. The molecule has 0 aromatic heterocycles. The van der Waals surface area contributed by atoms with Crippen LogP contribution in [0.25, 0.3) is 0 Å². The molecule has 0 saturated heterocycles. The van der Waals surface area contributed by atoms with Crippen LogP contribution in [0, 0.1) is 0 Å². The molecule has 4 heteroatoms. The Labute approximate surface area is 214 Å². The molecular formula is C32H34O4. The van der Waals surface area contributed by atoms with Gasteiger partial charge in [-0.25, -0.2) is 9.59 Å². The van der Waals surface area contributed by atoms with Crippen LogP contribution >= 0.6 is 0 Å². The Balaban J connectivity index is 1.55. The predicted molar refractivity (Wildman–Crippen MR) is 144 cm³/mol. The molecule has 0 radical (unpaired) electrons. The Morgan fingerprint density at radius 1 is 0.611 bits per heavy atom. The van der Waals surface area contributed by atoms with Crippen molar-refractivity contribution in [3.63, 3.8) is 0 Å². The molecule has 0 aliphatic carbocycles. The lowest BCUT2D eigenvalue weighted by Crippen LogP contribution is -2.08. The lowest BCUT2D eigenvalue weighted by Gasteiger charge is -2.12. The number of carbonyl (C=O) groups is 2. The average molecular weight is 483 g/mol. The Hall–Kier alpha value is -3.92. The highest BCUT2D eigenvalue weighted by Crippen LogP contribution is 2.20. The van der Waals surface area contributed by atoms with Crippen LogP contribution in [0.2, 0.25) is 0 Å². The van der Waals surface area contributed by atoms with Crippen LogP contribution in [0.5, 0.6) is 11.5 Å². The van der Waals surface area contributed by atoms with Gasteiger partial charge in [0.15, 0.2) is 0 Å². The summed E-state index contributed by atoms with van der Waals surface area (Å²) in [6, 6.07) is 22.1. The highest BCUT2D eigenvalue weighted by molar-refractivity contribution is 5.89. The van der Waals surface area contributed by atoms with Gasteiger partial charge in [0, 0.05) is 11.1 Å². The number of carbonyl (C=O) groups excluding carboxylic acids is 2. The van der Waals surface area contributed by atoms with Gasteiger partial charge in [0.05, 0.1) is 0 Å². The molecule has 36 heavy (non-hydrogen) atoms. The number of benzene rings is 3. The summed E-state index contributed by atoms with van der Waals surface area (Å²) in [6.07, 6.45) is 4.73. The van der Waals surface area contributed by atoms with Crippen LogP contribution in [0.15, 0.2) is 91.0 Å². The van der Waals surface area contributed by atoms with Crippen molar-refractivity contribution < 1.29 is 19.1 Å². The first kappa shape index (κ1) is 26.7. The summed E-state index contributed by atoms with van der Waals surface area (Å²) in [4.78, 5) is 23.3. The minimum atomic E-state index is -0.406. The fraction of sp³-hybridized carbons (Fsp3) is 0.250. The summed E-state index contributed by atoms with van der Waals surface area (Å²) in [5.41, 5.74) is 7.22. The van der Waals surface area contributed by atoms with Crippen molar-refractivity contribution in [2.24, 2.45) is 0 Å². The number of ether oxygens (including phenoxy) is 2. The number of hydrogen-bond donors (Lipinski definition) is 0. The summed E-state index contributed by atoms with van der Waals surface area (Å²) in [7, 11) is 0. The fourth-order valence-electron chi connectivity index (χ4n) is 3.81. The molecule has 0 aliphatic rings. The normalized spacial score (nSPS) is 10.5. The molecular weight excluding hydrogens is 448 g/mol. The van der Waals surface area contributed by atoms with Gasteiger partial charge in [-0.3, -0.25) is 0 Å². The van der Waals surface area contributed by atoms with Crippen LogP contribution in [0.1, 0.15) is 48.6 Å². The maximum atomic E-state index is 11.7. The van der Waals surface area contributed by atoms with Crippen LogP contribution < -0.4 is 9.47 Å². The van der Waals surface area contributed by atoms with E-state index in [4.69, 9.17) is 9.47 Å². The molecule has 186 valence electrons. The van der Waals surface area contributed by atoms with E-state index >= 15 is 0 Å². The Bertz CT molecular complexity index is 1230. The molecule has 0 unspecified atom stereocenters. The number of rotatable bonds is 11. The summed E-state index contributed by atoms with van der Waals surface area (Å²) in [5.74, 6) is 0.257. The molecule has 0 atom stereocenters. The summed E-state index contributed by atoms with van der Waals surface area (Å²) in [5, 5.41) is 0. The average Bonchev–Trinajstić information content (AvgIpc) is 2.87. The second-order valence-corrected chi connectivity index (χ2v) is 9.08. The molecule has 3 aromatic rings. The maximum Gasteiger partial charge on any atom is 0.338 e. The van der Waals surface area contributed by atoms with Gasteiger partial charge in [-0.15, -0.1) is 0 Å². The molecule has 0 amide bonds. The minimum Gasteiger partial charge on any atom is -0.423 e. The first-order chi connectivity index (χ1) is 17.2. The summed E-state index contributed by atoms with van der Waals surface area (Å²) >= 11 is 0. The Kier molecular flexibility index (Phi) is 9.40. The van der Waals surface area contributed by atoms with Crippen molar-refractivity contribution in [1.82, 2.24) is 0 Å². The molecule has 3 rings (SSSR count). The minimum absolute atomic E-state index is 0.383. The molecule has 3 aromatic carbocycles. The number of aryl methyl sites for hydroxylation is 5. The van der Waals surface area contributed by atoms with Crippen LogP contribution in [-0.2, 0) is 41.7 Å². The van der Waals surface area contributed by atoms with Crippen molar-refractivity contribution in [2.45, 2.75) is 52.9 Å². The van der Waals surface area contributed by atoms with Gasteiger partial charge in [-0.2, -0.15) is 0 Å². The predicted octanol–water partition coefficient (Wildman–Crippen LogP) is 6.78. The molecule has 0 spiro atoms. The van der Waals surface area contributed by atoms with Crippen molar-refractivity contribution in [2.75, 3.05) is 0 Å². The van der Waals surface area contributed by atoms with E-state index in [0.717, 1.165) is 32.1 Å². The van der Waals surface area contributed by atoms with E-state index in [9.17, 15) is 9.59 Å². The zero-order valence-corrected chi connectivity index (χ0v) is 21.4. The van der Waals surface area contributed by atoms with Gasteiger partial charge in [-0.05, 0) is 98.0 Å². The van der Waals surface area contributed by atoms with Gasteiger partial charge in [0.25, 0.3) is 0 Å². The number of esters is 2. The zero-order valence-electron chi connectivity index (χ0n) is 21.4. The van der Waals surface area contributed by atoms with E-state index in [1.54, 1.807) is 13.8 Å². The third-order valence-corrected chi connectivity index (χ3v) is 6.00. The zero-order chi connectivity index (χ0) is 26.1. The highest BCUT2D eigenvalue weighted by Gasteiger charge is 2.08.